The Morgan fingerprint density at radius 3 is 2.14 bits per heavy atom. The molecule has 3 atom stereocenters. The van der Waals surface area contributed by atoms with Crippen LogP contribution in [0.2, 0.25) is 0 Å². The molecule has 0 saturated carbocycles. The first-order valence-electron chi connectivity index (χ1n) is 8.10. The van der Waals surface area contributed by atoms with Gasteiger partial charge in [-0.1, -0.05) is 12.2 Å². The summed E-state index contributed by atoms with van der Waals surface area (Å²) in [6.07, 6.45) is 7.09. The Kier molecular flexibility index (Phi) is 3.58. The van der Waals surface area contributed by atoms with Crippen molar-refractivity contribution in [2.45, 2.75) is 45.6 Å². The molecule has 0 bridgehead atoms. The smallest absolute Gasteiger partial charge is 0.228 e. The van der Waals surface area contributed by atoms with E-state index in [1.165, 1.54) is 0 Å². The van der Waals surface area contributed by atoms with Crippen molar-refractivity contribution in [3.63, 3.8) is 0 Å². The minimum absolute atomic E-state index is 0.124. The zero-order chi connectivity index (χ0) is 15.2. The van der Waals surface area contributed by atoms with Crippen LogP contribution in [0, 0.1) is 17.8 Å². The standard InChI is InChI=1S/C17H26N2O2/c1-17(2,3)19-11-14(8-15(19)20)16(21)18-9-12-6-4-5-7-13(12)10-18/h4-5,12-14H,6-11H2,1-3H3. The molecule has 0 aromatic heterocycles. The van der Waals surface area contributed by atoms with E-state index in [2.05, 4.69) is 12.2 Å². The van der Waals surface area contributed by atoms with Crippen molar-refractivity contribution in [3.05, 3.63) is 12.2 Å². The highest BCUT2D eigenvalue weighted by atomic mass is 16.2. The Bertz CT molecular complexity index is 462. The summed E-state index contributed by atoms with van der Waals surface area (Å²) in [4.78, 5) is 28.8. The summed E-state index contributed by atoms with van der Waals surface area (Å²) in [7, 11) is 0. The Morgan fingerprint density at radius 2 is 1.67 bits per heavy atom. The van der Waals surface area contributed by atoms with Gasteiger partial charge < -0.3 is 9.80 Å². The fraction of sp³-hybridized carbons (Fsp3) is 0.765. The first-order chi connectivity index (χ1) is 9.86. The van der Waals surface area contributed by atoms with Crippen LogP contribution in [0.25, 0.3) is 0 Å². The molecule has 4 heteroatoms. The van der Waals surface area contributed by atoms with Crippen LogP contribution in [0.3, 0.4) is 0 Å². The largest absolute Gasteiger partial charge is 0.342 e. The topological polar surface area (TPSA) is 40.6 Å². The number of allylic oxidation sites excluding steroid dienone is 2. The Morgan fingerprint density at radius 1 is 1.10 bits per heavy atom. The SMILES string of the molecule is CC(C)(C)N1CC(C(=O)N2CC3CC=CCC3C2)CC1=O. The van der Waals surface area contributed by atoms with E-state index in [0.29, 0.717) is 24.8 Å². The number of nitrogens with zero attached hydrogens (tertiary/aromatic N) is 2. The van der Waals surface area contributed by atoms with E-state index in [4.69, 9.17) is 0 Å². The minimum Gasteiger partial charge on any atom is -0.342 e. The second-order valence-corrected chi connectivity index (χ2v) is 7.78. The average molecular weight is 290 g/mol. The zero-order valence-electron chi connectivity index (χ0n) is 13.3. The highest BCUT2D eigenvalue weighted by Crippen LogP contribution is 2.35. The molecule has 3 aliphatic rings. The van der Waals surface area contributed by atoms with Crippen molar-refractivity contribution in [3.8, 4) is 0 Å². The van der Waals surface area contributed by atoms with Gasteiger partial charge in [0.2, 0.25) is 11.8 Å². The maximum Gasteiger partial charge on any atom is 0.228 e. The van der Waals surface area contributed by atoms with E-state index in [-0.39, 0.29) is 23.3 Å². The van der Waals surface area contributed by atoms with Crippen LogP contribution in [0.1, 0.15) is 40.0 Å². The van der Waals surface area contributed by atoms with Gasteiger partial charge in [-0.25, -0.2) is 0 Å². The molecule has 2 heterocycles. The van der Waals surface area contributed by atoms with Gasteiger partial charge in [0.05, 0.1) is 5.92 Å². The lowest BCUT2D eigenvalue weighted by Gasteiger charge is -2.32. The number of fused-ring (bicyclic) bond motifs is 1. The lowest BCUT2D eigenvalue weighted by molar-refractivity contribution is -0.135. The minimum atomic E-state index is -0.185. The van der Waals surface area contributed by atoms with Gasteiger partial charge in [-0.05, 0) is 45.4 Å². The normalized spacial score (nSPS) is 32.7. The molecule has 0 spiro atoms. The molecule has 2 saturated heterocycles. The lowest BCUT2D eigenvalue weighted by Crippen LogP contribution is -2.43. The fourth-order valence-electron chi connectivity index (χ4n) is 3.97. The summed E-state index contributed by atoms with van der Waals surface area (Å²) in [5.41, 5.74) is -0.185. The van der Waals surface area contributed by atoms with E-state index in [1.54, 1.807) is 0 Å². The van der Waals surface area contributed by atoms with Crippen molar-refractivity contribution >= 4 is 11.8 Å². The predicted octanol–water partition coefficient (Wildman–Crippen LogP) is 2.06. The monoisotopic (exact) mass is 290 g/mol. The third kappa shape index (κ3) is 2.72. The Hall–Kier alpha value is -1.32. The van der Waals surface area contributed by atoms with Crippen LogP contribution in [-0.4, -0.2) is 46.8 Å². The van der Waals surface area contributed by atoms with Gasteiger partial charge >= 0.3 is 0 Å². The average Bonchev–Trinajstić information content (AvgIpc) is 3.00. The molecule has 116 valence electrons. The Balaban J connectivity index is 1.64. The molecule has 1 aliphatic carbocycles. The summed E-state index contributed by atoms with van der Waals surface area (Å²) >= 11 is 0. The maximum absolute atomic E-state index is 12.7. The molecule has 2 fully saturated rings. The molecule has 21 heavy (non-hydrogen) atoms. The maximum atomic E-state index is 12.7. The molecule has 0 aromatic rings. The molecule has 3 unspecified atom stereocenters. The van der Waals surface area contributed by atoms with E-state index < -0.39 is 0 Å². The molecule has 4 nitrogen and oxygen atoms in total. The molecule has 2 amide bonds. The quantitative estimate of drug-likeness (QED) is 0.694. The van der Waals surface area contributed by atoms with Crippen molar-refractivity contribution in [2.24, 2.45) is 17.8 Å². The summed E-state index contributed by atoms with van der Waals surface area (Å²) in [6, 6.07) is 0. The molecule has 0 aromatic carbocycles. The number of rotatable bonds is 1. The van der Waals surface area contributed by atoms with E-state index in [0.717, 1.165) is 25.9 Å². The molecular formula is C17H26N2O2. The summed E-state index contributed by atoms with van der Waals surface area (Å²) < 4.78 is 0. The van der Waals surface area contributed by atoms with Gasteiger partial charge in [-0.2, -0.15) is 0 Å². The van der Waals surface area contributed by atoms with Crippen LogP contribution in [0.5, 0.6) is 0 Å². The molecule has 0 N–H and O–H groups in total. The van der Waals surface area contributed by atoms with Crippen LogP contribution >= 0.6 is 0 Å². The molecule has 3 rings (SSSR count). The van der Waals surface area contributed by atoms with E-state index in [1.807, 2.05) is 30.6 Å². The summed E-state index contributed by atoms with van der Waals surface area (Å²) in [5.74, 6) is 1.46. The van der Waals surface area contributed by atoms with Crippen molar-refractivity contribution < 1.29 is 9.59 Å². The number of hydrogen-bond donors (Lipinski definition) is 0. The number of likely N-dealkylation sites (tertiary alicyclic amines) is 2. The van der Waals surface area contributed by atoms with Crippen LogP contribution < -0.4 is 0 Å². The summed E-state index contributed by atoms with van der Waals surface area (Å²) in [5, 5.41) is 0. The van der Waals surface area contributed by atoms with Gasteiger partial charge in [-0.15, -0.1) is 0 Å². The number of amides is 2. The second kappa shape index (κ2) is 5.15. The van der Waals surface area contributed by atoms with Crippen molar-refractivity contribution in [2.75, 3.05) is 19.6 Å². The number of carbonyl (C=O) groups excluding carboxylic acids is 2. The van der Waals surface area contributed by atoms with E-state index in [9.17, 15) is 9.59 Å². The zero-order valence-corrected chi connectivity index (χ0v) is 13.3. The highest BCUT2D eigenvalue weighted by Gasteiger charge is 2.43. The van der Waals surface area contributed by atoms with Gasteiger partial charge in [0.1, 0.15) is 0 Å². The molecular weight excluding hydrogens is 264 g/mol. The van der Waals surface area contributed by atoms with Gasteiger partial charge in [0.15, 0.2) is 0 Å². The second-order valence-electron chi connectivity index (χ2n) is 7.78. The van der Waals surface area contributed by atoms with Gasteiger partial charge in [0, 0.05) is 31.6 Å². The van der Waals surface area contributed by atoms with Gasteiger partial charge in [0.25, 0.3) is 0 Å². The highest BCUT2D eigenvalue weighted by molar-refractivity contribution is 5.89. The van der Waals surface area contributed by atoms with Gasteiger partial charge in [-0.3, -0.25) is 9.59 Å². The molecule has 2 aliphatic heterocycles. The van der Waals surface area contributed by atoms with Crippen LogP contribution in [-0.2, 0) is 9.59 Å². The number of carbonyl (C=O) groups is 2. The van der Waals surface area contributed by atoms with E-state index >= 15 is 0 Å². The van der Waals surface area contributed by atoms with Crippen molar-refractivity contribution in [1.29, 1.82) is 0 Å². The molecule has 0 radical (unpaired) electrons. The lowest BCUT2D eigenvalue weighted by atomic mass is 9.86. The fourth-order valence-corrected chi connectivity index (χ4v) is 3.97. The first kappa shape index (κ1) is 14.6. The Labute approximate surface area is 127 Å². The summed E-state index contributed by atoms with van der Waals surface area (Å²) in [6.45, 7) is 8.46. The number of hydrogen-bond acceptors (Lipinski definition) is 2. The third-order valence-corrected chi connectivity index (χ3v) is 5.22. The third-order valence-electron chi connectivity index (χ3n) is 5.22. The van der Waals surface area contributed by atoms with Crippen molar-refractivity contribution in [1.82, 2.24) is 9.80 Å². The first-order valence-corrected chi connectivity index (χ1v) is 8.10. The van der Waals surface area contributed by atoms with Crippen LogP contribution in [0.4, 0.5) is 0 Å². The van der Waals surface area contributed by atoms with Crippen LogP contribution in [0.15, 0.2) is 12.2 Å². The predicted molar refractivity (Wildman–Crippen MR) is 81.5 cm³/mol.